The highest BCUT2D eigenvalue weighted by atomic mass is 16.6. The molecule has 1 saturated heterocycles. The zero-order chi connectivity index (χ0) is 12.1. The number of nitrogens with zero attached hydrogens (tertiary/aromatic N) is 1. The van der Waals surface area contributed by atoms with Crippen LogP contribution in [0.1, 0.15) is 12.0 Å². The van der Waals surface area contributed by atoms with Gasteiger partial charge in [0.2, 0.25) is 0 Å². The van der Waals surface area contributed by atoms with Crippen LogP contribution in [0, 0.1) is 0 Å². The summed E-state index contributed by atoms with van der Waals surface area (Å²) in [5, 5.41) is 8.90. The molecule has 92 valence electrons. The Hall–Kier alpha value is -1.55. The molecule has 0 aromatic heterocycles. The van der Waals surface area contributed by atoms with Crippen molar-refractivity contribution in [1.29, 1.82) is 0 Å². The highest BCUT2D eigenvalue weighted by Gasteiger charge is 2.29. The number of amides is 1. The zero-order valence-corrected chi connectivity index (χ0v) is 9.71. The maximum atomic E-state index is 11.4. The van der Waals surface area contributed by atoms with E-state index in [2.05, 4.69) is 12.1 Å². The Labute approximate surface area is 101 Å². The second-order valence-corrected chi connectivity index (χ2v) is 4.22. The average Bonchev–Trinajstić information content (AvgIpc) is 2.72. The molecule has 1 fully saturated rings. The van der Waals surface area contributed by atoms with Gasteiger partial charge in [-0.2, -0.15) is 0 Å². The number of rotatable bonds is 5. The minimum Gasteiger partial charge on any atom is -0.442 e. The van der Waals surface area contributed by atoms with Crippen molar-refractivity contribution in [2.75, 3.05) is 19.7 Å². The monoisotopic (exact) mass is 235 g/mol. The molecule has 1 aromatic carbocycles. The summed E-state index contributed by atoms with van der Waals surface area (Å²) in [7, 11) is 0. The molecule has 1 aliphatic rings. The second kappa shape index (κ2) is 5.68. The Morgan fingerprint density at radius 3 is 2.76 bits per heavy atom. The van der Waals surface area contributed by atoms with Crippen LogP contribution in [0.25, 0.3) is 0 Å². The molecule has 1 amide bonds. The fourth-order valence-electron chi connectivity index (χ4n) is 1.97. The summed E-state index contributed by atoms with van der Waals surface area (Å²) in [4.78, 5) is 13.0. The predicted octanol–water partition coefficient (Wildman–Crippen LogP) is 1.43. The average molecular weight is 235 g/mol. The van der Waals surface area contributed by atoms with Gasteiger partial charge in [0.05, 0.1) is 13.2 Å². The molecular weight excluding hydrogens is 218 g/mol. The molecule has 1 aliphatic heterocycles. The molecule has 0 spiro atoms. The van der Waals surface area contributed by atoms with Crippen molar-refractivity contribution in [3.63, 3.8) is 0 Å². The highest BCUT2D eigenvalue weighted by molar-refractivity contribution is 5.69. The summed E-state index contributed by atoms with van der Waals surface area (Å²) < 4.78 is 4.96. The molecule has 1 N–H and O–H groups in total. The molecule has 0 bridgehead atoms. The maximum absolute atomic E-state index is 11.4. The Balaban J connectivity index is 1.74. The lowest BCUT2D eigenvalue weighted by atomic mass is 10.1. The van der Waals surface area contributed by atoms with Gasteiger partial charge < -0.3 is 14.7 Å². The van der Waals surface area contributed by atoms with Gasteiger partial charge in [0.15, 0.2) is 0 Å². The predicted molar refractivity (Wildman–Crippen MR) is 63.7 cm³/mol. The van der Waals surface area contributed by atoms with Gasteiger partial charge in [-0.3, -0.25) is 0 Å². The van der Waals surface area contributed by atoms with Gasteiger partial charge in [-0.05, 0) is 18.4 Å². The Morgan fingerprint density at radius 2 is 2.12 bits per heavy atom. The number of aryl methyl sites for hydroxylation is 1. The number of ether oxygens (including phenoxy) is 1. The van der Waals surface area contributed by atoms with Crippen LogP contribution in [0.2, 0.25) is 0 Å². The minimum atomic E-state index is -0.348. The van der Waals surface area contributed by atoms with E-state index in [0.29, 0.717) is 13.1 Å². The van der Waals surface area contributed by atoms with Gasteiger partial charge in [-0.25, -0.2) is 4.79 Å². The molecule has 17 heavy (non-hydrogen) atoms. The number of carbonyl (C=O) groups excluding carboxylic acids is 1. The third-order valence-electron chi connectivity index (χ3n) is 2.89. The van der Waals surface area contributed by atoms with E-state index in [1.807, 2.05) is 18.2 Å². The lowest BCUT2D eigenvalue weighted by molar-refractivity contribution is 0.0947. The van der Waals surface area contributed by atoms with Crippen LogP contribution in [0.3, 0.4) is 0 Å². The van der Waals surface area contributed by atoms with Gasteiger partial charge >= 0.3 is 6.09 Å². The van der Waals surface area contributed by atoms with E-state index in [4.69, 9.17) is 9.84 Å². The van der Waals surface area contributed by atoms with E-state index in [-0.39, 0.29) is 18.8 Å². The van der Waals surface area contributed by atoms with Crippen molar-refractivity contribution in [3.8, 4) is 0 Å². The van der Waals surface area contributed by atoms with Gasteiger partial charge in [0.1, 0.15) is 6.10 Å². The molecule has 1 heterocycles. The summed E-state index contributed by atoms with van der Waals surface area (Å²) in [6.07, 6.45) is 1.21. The number of aliphatic hydroxyl groups is 1. The molecular formula is C13H17NO3. The van der Waals surface area contributed by atoms with E-state index in [9.17, 15) is 4.79 Å². The fraction of sp³-hybridized carbons (Fsp3) is 0.462. The van der Waals surface area contributed by atoms with E-state index in [0.717, 1.165) is 12.8 Å². The lowest BCUT2D eigenvalue weighted by Gasteiger charge is -2.12. The Kier molecular flexibility index (Phi) is 3.98. The van der Waals surface area contributed by atoms with Gasteiger partial charge in [-0.1, -0.05) is 30.3 Å². The van der Waals surface area contributed by atoms with Gasteiger partial charge in [0, 0.05) is 6.54 Å². The molecule has 2 rings (SSSR count). The summed E-state index contributed by atoms with van der Waals surface area (Å²) in [5.74, 6) is 0. The standard InChI is InChI=1S/C13H17NO3/c15-10-12-9-14(13(16)17-12)8-4-7-11-5-2-1-3-6-11/h1-3,5-6,12,15H,4,7-10H2. The van der Waals surface area contributed by atoms with Crippen molar-refractivity contribution in [2.45, 2.75) is 18.9 Å². The molecule has 1 aromatic rings. The number of hydrogen-bond acceptors (Lipinski definition) is 3. The molecule has 4 nitrogen and oxygen atoms in total. The van der Waals surface area contributed by atoms with Crippen molar-refractivity contribution >= 4 is 6.09 Å². The van der Waals surface area contributed by atoms with E-state index in [1.54, 1.807) is 4.90 Å². The van der Waals surface area contributed by atoms with Crippen LogP contribution in [-0.4, -0.2) is 41.9 Å². The van der Waals surface area contributed by atoms with Crippen LogP contribution in [0.15, 0.2) is 30.3 Å². The number of hydrogen-bond donors (Lipinski definition) is 1. The largest absolute Gasteiger partial charge is 0.442 e. The van der Waals surface area contributed by atoms with Crippen LogP contribution in [-0.2, 0) is 11.2 Å². The van der Waals surface area contributed by atoms with E-state index in [1.165, 1.54) is 5.56 Å². The lowest BCUT2D eigenvalue weighted by Crippen LogP contribution is -2.27. The van der Waals surface area contributed by atoms with Crippen LogP contribution in [0.4, 0.5) is 4.79 Å². The van der Waals surface area contributed by atoms with Crippen LogP contribution >= 0.6 is 0 Å². The molecule has 1 atom stereocenters. The molecule has 0 saturated carbocycles. The van der Waals surface area contributed by atoms with Crippen molar-refractivity contribution in [2.24, 2.45) is 0 Å². The number of cyclic esters (lactones) is 1. The Morgan fingerprint density at radius 1 is 1.35 bits per heavy atom. The van der Waals surface area contributed by atoms with Crippen LogP contribution in [0.5, 0.6) is 0 Å². The first-order valence-corrected chi connectivity index (χ1v) is 5.90. The van der Waals surface area contributed by atoms with E-state index < -0.39 is 0 Å². The zero-order valence-electron chi connectivity index (χ0n) is 9.71. The fourth-order valence-corrected chi connectivity index (χ4v) is 1.97. The number of benzene rings is 1. The summed E-state index contributed by atoms with van der Waals surface area (Å²) >= 11 is 0. The SMILES string of the molecule is O=C1OC(CO)CN1CCCc1ccccc1. The third kappa shape index (κ3) is 3.20. The maximum Gasteiger partial charge on any atom is 0.410 e. The first kappa shape index (κ1) is 11.9. The minimum absolute atomic E-state index is 0.0963. The summed E-state index contributed by atoms with van der Waals surface area (Å²) in [6.45, 7) is 1.09. The number of carbonyl (C=O) groups is 1. The van der Waals surface area contributed by atoms with Crippen molar-refractivity contribution < 1.29 is 14.6 Å². The first-order valence-electron chi connectivity index (χ1n) is 5.90. The molecule has 1 unspecified atom stereocenters. The third-order valence-corrected chi connectivity index (χ3v) is 2.89. The normalized spacial score (nSPS) is 19.5. The topological polar surface area (TPSA) is 49.8 Å². The second-order valence-electron chi connectivity index (χ2n) is 4.22. The summed E-state index contributed by atoms with van der Waals surface area (Å²) in [6, 6.07) is 10.2. The first-order chi connectivity index (χ1) is 8.29. The van der Waals surface area contributed by atoms with Crippen molar-refractivity contribution in [1.82, 2.24) is 4.90 Å². The summed E-state index contributed by atoms with van der Waals surface area (Å²) in [5.41, 5.74) is 1.28. The van der Waals surface area contributed by atoms with E-state index >= 15 is 0 Å². The van der Waals surface area contributed by atoms with Crippen LogP contribution < -0.4 is 0 Å². The quantitative estimate of drug-likeness (QED) is 0.840. The van der Waals surface area contributed by atoms with Gasteiger partial charge in [0.25, 0.3) is 0 Å². The van der Waals surface area contributed by atoms with Gasteiger partial charge in [-0.15, -0.1) is 0 Å². The smallest absolute Gasteiger partial charge is 0.410 e. The Bertz CT molecular complexity index is 366. The number of aliphatic hydroxyl groups excluding tert-OH is 1. The molecule has 0 radical (unpaired) electrons. The molecule has 0 aliphatic carbocycles. The highest BCUT2D eigenvalue weighted by Crippen LogP contribution is 2.12. The van der Waals surface area contributed by atoms with Crippen molar-refractivity contribution in [3.05, 3.63) is 35.9 Å². The molecule has 4 heteroatoms.